The molecule has 0 saturated carbocycles. The Kier molecular flexibility index (Phi) is 5.51. The van der Waals surface area contributed by atoms with Crippen molar-refractivity contribution in [3.05, 3.63) is 0 Å². The molecule has 0 radical (unpaired) electrons. The van der Waals surface area contributed by atoms with E-state index in [9.17, 15) is 22.0 Å². The lowest BCUT2D eigenvalue weighted by Gasteiger charge is -2.37. The van der Waals surface area contributed by atoms with Crippen molar-refractivity contribution in [2.45, 2.75) is 31.0 Å². The van der Waals surface area contributed by atoms with E-state index in [1.54, 1.807) is 0 Å². The second kappa shape index (κ2) is 5.59. The summed E-state index contributed by atoms with van der Waals surface area (Å²) in [5.41, 5.74) is -4.85. The van der Waals surface area contributed by atoms with Gasteiger partial charge < -0.3 is 13.3 Å². The van der Waals surface area contributed by atoms with Crippen LogP contribution in [0.25, 0.3) is 0 Å². The molecule has 0 bridgehead atoms. The van der Waals surface area contributed by atoms with Gasteiger partial charge in [0.05, 0.1) is 0 Å². The molecule has 1 unspecified atom stereocenters. The summed E-state index contributed by atoms with van der Waals surface area (Å²) in [4.78, 5) is 0. The molecule has 0 amide bonds. The molecule has 9 heteroatoms. The number of hydrogen-bond acceptors (Lipinski definition) is 3. The first-order valence-corrected chi connectivity index (χ1v) is 6.44. The molecule has 0 rings (SSSR count). The van der Waals surface area contributed by atoms with Crippen molar-refractivity contribution in [3.8, 4) is 0 Å². The van der Waals surface area contributed by atoms with Gasteiger partial charge in [-0.05, 0) is 6.42 Å². The number of halogens is 5. The van der Waals surface area contributed by atoms with Crippen LogP contribution in [0.3, 0.4) is 0 Å². The smallest absolute Gasteiger partial charge is 0.373 e. The highest BCUT2D eigenvalue weighted by Gasteiger charge is 2.78. The Balaban J connectivity index is 5.49. The summed E-state index contributed by atoms with van der Waals surface area (Å²) in [7, 11) is -2.73. The lowest BCUT2D eigenvalue weighted by atomic mass is 10.1. The van der Waals surface area contributed by atoms with E-state index < -0.39 is 32.9 Å². The van der Waals surface area contributed by atoms with Crippen LogP contribution < -0.4 is 0 Å². The highest BCUT2D eigenvalue weighted by atomic mass is 28.4. The van der Waals surface area contributed by atoms with Gasteiger partial charge >= 0.3 is 20.3 Å². The monoisotopic (exact) mass is 282 g/mol. The maximum atomic E-state index is 13.7. The van der Waals surface area contributed by atoms with E-state index >= 15 is 0 Å². The summed E-state index contributed by atoms with van der Waals surface area (Å²) in [5.74, 6) is -4.92. The van der Waals surface area contributed by atoms with Gasteiger partial charge in [-0.1, -0.05) is 6.92 Å². The van der Waals surface area contributed by atoms with Crippen molar-refractivity contribution in [1.82, 2.24) is 0 Å². The van der Waals surface area contributed by atoms with E-state index in [0.29, 0.717) is 0 Å². The summed E-state index contributed by atoms with van der Waals surface area (Å²) in [6.45, 7) is 1.03. The zero-order valence-electron chi connectivity index (χ0n) is 9.90. The Bertz CT molecular complexity index is 239. The predicted molar refractivity (Wildman–Crippen MR) is 51.9 cm³/mol. The normalized spacial score (nSPS) is 16.1. The molecule has 0 fully saturated rings. The number of alkyl halides is 5. The third kappa shape index (κ3) is 2.46. The minimum absolute atomic E-state index is 0.752. The fourth-order valence-corrected chi connectivity index (χ4v) is 3.13. The van der Waals surface area contributed by atoms with Gasteiger partial charge in [-0.3, -0.25) is 0 Å². The molecule has 3 nitrogen and oxygen atoms in total. The Hall–Kier alpha value is -0.253. The van der Waals surface area contributed by atoms with Crippen LogP contribution in [0.4, 0.5) is 22.0 Å². The lowest BCUT2D eigenvalue weighted by molar-refractivity contribution is -0.225. The van der Waals surface area contributed by atoms with Crippen molar-refractivity contribution in [3.63, 3.8) is 0 Å². The third-order valence-electron chi connectivity index (χ3n) is 2.36. The van der Waals surface area contributed by atoms with Gasteiger partial charge in [-0.15, -0.1) is 0 Å². The van der Waals surface area contributed by atoms with Crippen LogP contribution in [0.5, 0.6) is 0 Å². The van der Waals surface area contributed by atoms with Crippen LogP contribution in [0, 0.1) is 0 Å². The Labute approximate surface area is 97.2 Å². The summed E-state index contributed by atoms with van der Waals surface area (Å²) in [5, 5.41) is 0. The molecule has 0 aliphatic carbocycles. The first-order valence-electron chi connectivity index (χ1n) is 4.72. The molecule has 0 N–H and O–H groups in total. The molecule has 1 atom stereocenters. The SMILES string of the molecule is CCC(F)C(F)(F)C(F)(F)[Si](OC)(OC)OC. The van der Waals surface area contributed by atoms with E-state index in [1.165, 1.54) is 0 Å². The fraction of sp³-hybridized carbons (Fsp3) is 1.00. The first-order chi connectivity index (χ1) is 7.66. The summed E-state index contributed by atoms with van der Waals surface area (Å²) in [6.07, 6.45) is -3.77. The maximum absolute atomic E-state index is 13.7. The minimum Gasteiger partial charge on any atom is -0.373 e. The molecule has 0 aromatic carbocycles. The average molecular weight is 282 g/mol. The molecule has 104 valence electrons. The fourth-order valence-electron chi connectivity index (χ4n) is 1.29. The van der Waals surface area contributed by atoms with E-state index in [4.69, 9.17) is 0 Å². The molecule has 0 aliphatic rings. The topological polar surface area (TPSA) is 27.7 Å². The summed E-state index contributed by atoms with van der Waals surface area (Å²) in [6, 6.07) is 0. The van der Waals surface area contributed by atoms with Gasteiger partial charge in [-0.25, -0.2) is 4.39 Å². The maximum Gasteiger partial charge on any atom is 0.581 e. The quantitative estimate of drug-likeness (QED) is 0.530. The van der Waals surface area contributed by atoms with Crippen LogP contribution >= 0.6 is 0 Å². The van der Waals surface area contributed by atoms with Crippen molar-refractivity contribution in [2.24, 2.45) is 0 Å². The first kappa shape index (κ1) is 16.7. The molecule has 0 aromatic heterocycles. The molecule has 0 spiro atoms. The van der Waals surface area contributed by atoms with Crippen LogP contribution in [0.2, 0.25) is 0 Å². The van der Waals surface area contributed by atoms with Gasteiger partial charge in [0.2, 0.25) is 0 Å². The molecule has 17 heavy (non-hydrogen) atoms. The molecule has 0 heterocycles. The van der Waals surface area contributed by atoms with Gasteiger partial charge in [-0.2, -0.15) is 17.6 Å². The van der Waals surface area contributed by atoms with Crippen molar-refractivity contribution >= 4 is 8.80 Å². The highest BCUT2D eigenvalue weighted by Crippen LogP contribution is 2.45. The van der Waals surface area contributed by atoms with Crippen LogP contribution in [0.1, 0.15) is 13.3 Å². The molecular formula is C8H15F5O3Si. The van der Waals surface area contributed by atoms with E-state index in [1.807, 2.05) is 0 Å². The Morgan fingerprint density at radius 1 is 1.00 bits per heavy atom. The van der Waals surface area contributed by atoms with Crippen molar-refractivity contribution < 1.29 is 35.2 Å². The van der Waals surface area contributed by atoms with E-state index in [-0.39, 0.29) is 0 Å². The van der Waals surface area contributed by atoms with Crippen LogP contribution in [-0.2, 0) is 13.3 Å². The number of rotatable bonds is 7. The van der Waals surface area contributed by atoms with E-state index in [2.05, 4.69) is 13.3 Å². The van der Waals surface area contributed by atoms with Gasteiger partial charge in [0.15, 0.2) is 6.17 Å². The van der Waals surface area contributed by atoms with Crippen LogP contribution in [-0.4, -0.2) is 47.8 Å². The average Bonchev–Trinajstić information content (AvgIpc) is 2.30. The zero-order chi connectivity index (χ0) is 13.9. The van der Waals surface area contributed by atoms with Gasteiger partial charge in [0, 0.05) is 21.3 Å². The molecule has 0 aliphatic heterocycles. The molecule has 0 aromatic rings. The predicted octanol–water partition coefficient (Wildman–Crippen LogP) is 2.42. The largest absolute Gasteiger partial charge is 0.581 e. The van der Waals surface area contributed by atoms with Crippen molar-refractivity contribution in [1.29, 1.82) is 0 Å². The second-order valence-corrected chi connectivity index (χ2v) is 6.21. The van der Waals surface area contributed by atoms with Crippen LogP contribution in [0.15, 0.2) is 0 Å². The minimum atomic E-state index is -4.98. The molecular weight excluding hydrogens is 267 g/mol. The van der Waals surface area contributed by atoms with Gasteiger partial charge in [0.25, 0.3) is 0 Å². The number of hydrogen-bond donors (Lipinski definition) is 0. The summed E-state index contributed by atoms with van der Waals surface area (Å²) < 4.78 is 79.8. The summed E-state index contributed by atoms with van der Waals surface area (Å²) >= 11 is 0. The Morgan fingerprint density at radius 2 is 1.35 bits per heavy atom. The standard InChI is InChI=1S/C8H15F5O3Si/c1-5-6(9)7(10,11)8(12,13)17(14-2,15-3)16-4/h6H,5H2,1-4H3. The Morgan fingerprint density at radius 3 is 1.59 bits per heavy atom. The molecule has 0 saturated heterocycles. The third-order valence-corrected chi connectivity index (χ3v) is 5.08. The lowest BCUT2D eigenvalue weighted by Crippen LogP contribution is -2.69. The highest BCUT2D eigenvalue weighted by molar-refractivity contribution is 6.63. The zero-order valence-corrected chi connectivity index (χ0v) is 10.9. The van der Waals surface area contributed by atoms with Gasteiger partial charge in [0.1, 0.15) is 0 Å². The second-order valence-electron chi connectivity index (χ2n) is 3.24. The van der Waals surface area contributed by atoms with E-state index in [0.717, 1.165) is 28.3 Å². The van der Waals surface area contributed by atoms with Crippen molar-refractivity contribution in [2.75, 3.05) is 21.3 Å².